The van der Waals surface area contributed by atoms with Crippen molar-refractivity contribution in [2.75, 3.05) is 13.1 Å². The van der Waals surface area contributed by atoms with Gasteiger partial charge in [-0.05, 0) is 43.7 Å². The molecule has 2 rings (SSSR count). The van der Waals surface area contributed by atoms with Gasteiger partial charge in [0.2, 0.25) is 0 Å². The number of hydrogen-bond acceptors (Lipinski definition) is 3. The van der Waals surface area contributed by atoms with Crippen LogP contribution in [0.25, 0.3) is 0 Å². The summed E-state index contributed by atoms with van der Waals surface area (Å²) < 4.78 is 26.2. The predicted octanol–water partition coefficient (Wildman–Crippen LogP) is 3.57. The fraction of sp³-hybridized carbons (Fsp3) is 0.579. The zero-order valence-corrected chi connectivity index (χ0v) is 14.9. The van der Waals surface area contributed by atoms with E-state index in [1.807, 2.05) is 6.07 Å². The summed E-state index contributed by atoms with van der Waals surface area (Å²) in [7, 11) is -3.35. The molecule has 1 aliphatic heterocycles. The van der Waals surface area contributed by atoms with Gasteiger partial charge in [0.25, 0.3) is 0 Å². The van der Waals surface area contributed by atoms with Gasteiger partial charge in [-0.25, -0.2) is 8.42 Å². The van der Waals surface area contributed by atoms with E-state index in [2.05, 4.69) is 24.7 Å². The van der Waals surface area contributed by atoms with Crippen molar-refractivity contribution >= 4 is 9.84 Å². The van der Waals surface area contributed by atoms with Crippen molar-refractivity contribution in [2.45, 2.75) is 49.8 Å². The summed E-state index contributed by atoms with van der Waals surface area (Å²) >= 11 is 0. The van der Waals surface area contributed by atoms with Crippen molar-refractivity contribution < 1.29 is 8.42 Å². The third kappa shape index (κ3) is 4.59. The van der Waals surface area contributed by atoms with E-state index in [0.717, 1.165) is 32.4 Å². The maximum Gasteiger partial charge on any atom is 0.194 e. The molecule has 23 heavy (non-hydrogen) atoms. The maximum absolute atomic E-state index is 13.1. The van der Waals surface area contributed by atoms with Crippen molar-refractivity contribution in [2.24, 2.45) is 11.8 Å². The Bertz CT molecular complexity index is 623. The van der Waals surface area contributed by atoms with Crippen molar-refractivity contribution in [1.29, 1.82) is 0 Å². The highest BCUT2D eigenvalue weighted by Crippen LogP contribution is 2.28. The molecule has 0 radical (unpaired) electrons. The molecule has 1 aromatic rings. The van der Waals surface area contributed by atoms with E-state index in [1.165, 1.54) is 0 Å². The third-order valence-electron chi connectivity index (χ3n) is 4.59. The molecule has 0 saturated carbocycles. The standard InChI is InChI=1S/C19H27NO2S/c1-4-17-12-14-20(15-13-17)19(11-10-16(2)3)23(21,22)18-8-6-5-7-9-18/h1,5-9,16-17,19H,10-15H2,2-3H3. The molecule has 1 heterocycles. The molecule has 0 N–H and O–H groups in total. The lowest BCUT2D eigenvalue weighted by molar-refractivity contribution is 0.176. The Morgan fingerprint density at radius 2 is 1.78 bits per heavy atom. The van der Waals surface area contributed by atoms with Gasteiger partial charge in [0.1, 0.15) is 5.37 Å². The lowest BCUT2D eigenvalue weighted by Crippen LogP contribution is -2.45. The molecule has 0 spiro atoms. The molecule has 4 heteroatoms. The molecule has 126 valence electrons. The number of benzene rings is 1. The van der Waals surface area contributed by atoms with Crippen molar-refractivity contribution in [3.8, 4) is 12.3 Å². The molecule has 1 atom stereocenters. The summed E-state index contributed by atoms with van der Waals surface area (Å²) in [5, 5.41) is -0.439. The highest BCUT2D eigenvalue weighted by molar-refractivity contribution is 7.92. The van der Waals surface area contributed by atoms with E-state index < -0.39 is 15.2 Å². The summed E-state index contributed by atoms with van der Waals surface area (Å²) in [6.45, 7) is 5.81. The van der Waals surface area contributed by atoms with Crippen LogP contribution in [0.1, 0.15) is 39.5 Å². The summed E-state index contributed by atoms with van der Waals surface area (Å²) in [6.07, 6.45) is 8.87. The predicted molar refractivity (Wildman–Crippen MR) is 94.6 cm³/mol. The van der Waals surface area contributed by atoms with Crippen LogP contribution in [0.15, 0.2) is 35.2 Å². The molecule has 3 nitrogen and oxygen atoms in total. The Kier molecular flexibility index (Phi) is 6.26. The van der Waals surface area contributed by atoms with Crippen molar-refractivity contribution in [3.05, 3.63) is 30.3 Å². The van der Waals surface area contributed by atoms with Crippen molar-refractivity contribution in [1.82, 2.24) is 4.90 Å². The van der Waals surface area contributed by atoms with E-state index in [4.69, 9.17) is 6.42 Å². The van der Waals surface area contributed by atoms with Crippen LogP contribution in [0.3, 0.4) is 0 Å². The molecule has 0 bridgehead atoms. The van der Waals surface area contributed by atoms with E-state index in [1.54, 1.807) is 24.3 Å². The highest BCUT2D eigenvalue weighted by Gasteiger charge is 2.34. The maximum atomic E-state index is 13.1. The smallest absolute Gasteiger partial charge is 0.194 e. The van der Waals surface area contributed by atoms with Crippen LogP contribution >= 0.6 is 0 Å². The first-order valence-corrected chi connectivity index (χ1v) is 9.99. The second-order valence-corrected chi connectivity index (χ2v) is 8.87. The molecule has 0 aromatic heterocycles. The van der Waals surface area contributed by atoms with Crippen LogP contribution in [-0.4, -0.2) is 31.8 Å². The summed E-state index contributed by atoms with van der Waals surface area (Å²) in [5.41, 5.74) is 0. The Hall–Kier alpha value is -1.31. The van der Waals surface area contributed by atoms with Gasteiger partial charge in [0, 0.05) is 19.0 Å². The van der Waals surface area contributed by atoms with Crippen LogP contribution in [-0.2, 0) is 9.84 Å². The van der Waals surface area contributed by atoms with Gasteiger partial charge < -0.3 is 0 Å². The van der Waals surface area contributed by atoms with E-state index in [-0.39, 0.29) is 5.92 Å². The number of sulfone groups is 1. The number of rotatable bonds is 6. The Morgan fingerprint density at radius 3 is 2.30 bits per heavy atom. The Morgan fingerprint density at radius 1 is 1.17 bits per heavy atom. The first-order valence-electron chi connectivity index (χ1n) is 8.44. The summed E-state index contributed by atoms with van der Waals surface area (Å²) in [6, 6.07) is 8.83. The first kappa shape index (κ1) is 18.0. The van der Waals surface area contributed by atoms with Gasteiger partial charge in [-0.1, -0.05) is 32.0 Å². The molecule has 0 aliphatic carbocycles. The zero-order valence-electron chi connectivity index (χ0n) is 14.1. The molecule has 0 amide bonds. The summed E-state index contributed by atoms with van der Waals surface area (Å²) in [5.74, 6) is 3.59. The van der Waals surface area contributed by atoms with Crippen LogP contribution < -0.4 is 0 Å². The topological polar surface area (TPSA) is 37.4 Å². The lowest BCUT2D eigenvalue weighted by Gasteiger charge is -2.36. The number of likely N-dealkylation sites (tertiary alicyclic amines) is 1. The van der Waals surface area contributed by atoms with Gasteiger partial charge >= 0.3 is 0 Å². The van der Waals surface area contributed by atoms with Gasteiger partial charge in [-0.15, -0.1) is 12.3 Å². The highest BCUT2D eigenvalue weighted by atomic mass is 32.2. The first-order chi connectivity index (χ1) is 10.9. The average molecular weight is 333 g/mol. The van der Waals surface area contributed by atoms with E-state index in [0.29, 0.717) is 17.2 Å². The number of piperidine rings is 1. The molecule has 1 aromatic carbocycles. The molecule has 1 unspecified atom stereocenters. The minimum atomic E-state index is -3.35. The minimum Gasteiger partial charge on any atom is -0.287 e. The van der Waals surface area contributed by atoms with Crippen LogP contribution in [0, 0.1) is 24.2 Å². The number of nitrogens with zero attached hydrogens (tertiary/aromatic N) is 1. The third-order valence-corrected chi connectivity index (χ3v) is 6.77. The summed E-state index contributed by atoms with van der Waals surface area (Å²) in [4.78, 5) is 2.55. The van der Waals surface area contributed by atoms with Gasteiger partial charge in [-0.2, -0.15) is 0 Å². The van der Waals surface area contributed by atoms with E-state index in [9.17, 15) is 8.42 Å². The largest absolute Gasteiger partial charge is 0.287 e. The molecule has 1 aliphatic rings. The fourth-order valence-corrected chi connectivity index (χ4v) is 5.03. The normalized spacial score (nSPS) is 18.7. The Balaban J connectivity index is 2.22. The van der Waals surface area contributed by atoms with Gasteiger partial charge in [0.05, 0.1) is 4.90 Å². The number of terminal acetylenes is 1. The zero-order chi connectivity index (χ0) is 16.9. The molecular weight excluding hydrogens is 306 g/mol. The van der Waals surface area contributed by atoms with Crippen LogP contribution in [0.5, 0.6) is 0 Å². The van der Waals surface area contributed by atoms with Gasteiger partial charge in [-0.3, -0.25) is 4.90 Å². The molecular formula is C19H27NO2S. The van der Waals surface area contributed by atoms with Crippen LogP contribution in [0.4, 0.5) is 0 Å². The van der Waals surface area contributed by atoms with Crippen molar-refractivity contribution in [3.63, 3.8) is 0 Å². The van der Waals surface area contributed by atoms with Gasteiger partial charge in [0.15, 0.2) is 9.84 Å². The second-order valence-electron chi connectivity index (χ2n) is 6.76. The molecule has 1 fully saturated rings. The Labute approximate surface area is 141 Å². The SMILES string of the molecule is C#CC1CCN(C(CCC(C)C)S(=O)(=O)c2ccccc2)CC1. The lowest BCUT2D eigenvalue weighted by atomic mass is 9.97. The fourth-order valence-electron chi connectivity index (χ4n) is 3.13. The average Bonchev–Trinajstić information content (AvgIpc) is 2.56. The van der Waals surface area contributed by atoms with Crippen LogP contribution in [0.2, 0.25) is 0 Å². The second kappa shape index (κ2) is 7.99. The minimum absolute atomic E-state index is 0.288. The monoisotopic (exact) mass is 333 g/mol. The molecule has 1 saturated heterocycles. The van der Waals surface area contributed by atoms with E-state index >= 15 is 0 Å². The quantitative estimate of drug-likeness (QED) is 0.747. The number of hydrogen-bond donors (Lipinski definition) is 0.